The normalized spacial score (nSPS) is 10.2. The van der Waals surface area contributed by atoms with E-state index in [1.807, 2.05) is 0 Å². The smallest absolute Gasteiger partial charge is 0.338 e. The van der Waals surface area contributed by atoms with Crippen molar-refractivity contribution in [3.63, 3.8) is 0 Å². The Balaban J connectivity index is 2.61. The molecule has 1 N–H and O–H groups in total. The minimum atomic E-state index is -0.392. The summed E-state index contributed by atoms with van der Waals surface area (Å²) in [5.41, 5.74) is 1.02. The zero-order valence-electron chi connectivity index (χ0n) is 11.7. The molecule has 20 heavy (non-hydrogen) atoms. The van der Waals surface area contributed by atoms with Gasteiger partial charge in [0.2, 0.25) is 5.91 Å². The first kappa shape index (κ1) is 16.3. The first-order valence-corrected chi connectivity index (χ1v) is 7.48. The molecule has 0 saturated heterocycles. The van der Waals surface area contributed by atoms with Crippen molar-refractivity contribution in [3.8, 4) is 0 Å². The van der Waals surface area contributed by atoms with Crippen molar-refractivity contribution in [2.45, 2.75) is 20.0 Å². The lowest BCUT2D eigenvalue weighted by Gasteiger charge is -2.09. The fourth-order valence-electron chi connectivity index (χ4n) is 1.44. The number of nitrogens with one attached hydrogen (secondary N) is 1. The van der Waals surface area contributed by atoms with Crippen LogP contribution in [0.3, 0.4) is 0 Å². The number of esters is 1. The second-order valence-electron chi connectivity index (χ2n) is 4.39. The third-order valence-electron chi connectivity index (χ3n) is 2.19. The van der Waals surface area contributed by atoms with Crippen LogP contribution in [-0.4, -0.2) is 29.5 Å². The number of amides is 1. The number of hydrogen-bond donors (Lipinski definition) is 1. The van der Waals surface area contributed by atoms with Crippen LogP contribution in [0.2, 0.25) is 0 Å². The molecule has 0 radical (unpaired) electrons. The lowest BCUT2D eigenvalue weighted by molar-refractivity contribution is -0.113. The molecule has 0 heterocycles. The molecule has 0 fully saturated rings. The Hall–Kier alpha value is -1.75. The van der Waals surface area contributed by atoms with E-state index in [1.54, 1.807) is 44.2 Å². The van der Waals surface area contributed by atoms with E-state index >= 15 is 0 Å². The molecule has 0 atom stereocenters. The van der Waals surface area contributed by atoms with E-state index in [0.717, 1.165) is 5.75 Å². The van der Waals surface area contributed by atoms with E-state index in [0.29, 0.717) is 17.0 Å². The Kier molecular flexibility index (Phi) is 6.87. The molecule has 1 rings (SSSR count). The van der Waals surface area contributed by atoms with Crippen molar-refractivity contribution in [2.24, 2.45) is 0 Å². The molecule has 1 aromatic carbocycles. The van der Waals surface area contributed by atoms with Gasteiger partial charge < -0.3 is 10.1 Å². The summed E-state index contributed by atoms with van der Waals surface area (Å²) in [4.78, 5) is 23.4. The highest BCUT2D eigenvalue weighted by molar-refractivity contribution is 8.00. The largest absolute Gasteiger partial charge is 0.459 e. The second kappa shape index (κ2) is 8.43. The Bertz CT molecular complexity index is 486. The fourth-order valence-corrected chi connectivity index (χ4v) is 1.98. The van der Waals surface area contributed by atoms with Gasteiger partial charge in [-0.25, -0.2) is 4.79 Å². The van der Waals surface area contributed by atoms with E-state index in [1.165, 1.54) is 11.8 Å². The van der Waals surface area contributed by atoms with Gasteiger partial charge in [-0.05, 0) is 32.0 Å². The number of ether oxygens (including phenoxy) is 1. The highest BCUT2D eigenvalue weighted by atomic mass is 32.2. The van der Waals surface area contributed by atoms with Gasteiger partial charge in [0.25, 0.3) is 0 Å². The van der Waals surface area contributed by atoms with Crippen LogP contribution >= 0.6 is 11.8 Å². The van der Waals surface area contributed by atoms with E-state index in [2.05, 4.69) is 11.9 Å². The SMILES string of the molecule is C=CCSCC(=O)Nc1cccc(C(=O)OC(C)C)c1. The Labute approximate surface area is 123 Å². The van der Waals surface area contributed by atoms with Crippen LogP contribution in [-0.2, 0) is 9.53 Å². The van der Waals surface area contributed by atoms with Crippen LogP contribution in [0.25, 0.3) is 0 Å². The summed E-state index contributed by atoms with van der Waals surface area (Å²) in [5.74, 6) is 0.587. The molecule has 1 amide bonds. The monoisotopic (exact) mass is 293 g/mol. The molecule has 0 bridgehead atoms. The number of thioether (sulfide) groups is 1. The van der Waals surface area contributed by atoms with Crippen LogP contribution in [0, 0.1) is 0 Å². The predicted molar refractivity (Wildman–Crippen MR) is 83.1 cm³/mol. The van der Waals surface area contributed by atoms with E-state index in [4.69, 9.17) is 4.74 Å². The number of hydrogen-bond acceptors (Lipinski definition) is 4. The summed E-state index contributed by atoms with van der Waals surface area (Å²) >= 11 is 1.48. The number of carbonyl (C=O) groups excluding carboxylic acids is 2. The standard InChI is InChI=1S/C15H19NO3S/c1-4-8-20-10-14(17)16-13-7-5-6-12(9-13)15(18)19-11(2)3/h4-7,9,11H,1,8,10H2,2-3H3,(H,16,17). The number of carbonyl (C=O) groups is 2. The maximum Gasteiger partial charge on any atom is 0.338 e. The summed E-state index contributed by atoms with van der Waals surface area (Å²) in [6.07, 6.45) is 1.58. The number of anilines is 1. The van der Waals surface area contributed by atoms with E-state index < -0.39 is 5.97 Å². The number of rotatable bonds is 7. The maximum absolute atomic E-state index is 11.8. The van der Waals surface area contributed by atoms with Gasteiger partial charge in [-0.3, -0.25) is 4.79 Å². The minimum absolute atomic E-state index is 0.105. The molecule has 4 nitrogen and oxygen atoms in total. The zero-order valence-corrected chi connectivity index (χ0v) is 12.5. The van der Waals surface area contributed by atoms with Gasteiger partial charge in [0.15, 0.2) is 0 Å². The van der Waals surface area contributed by atoms with Gasteiger partial charge in [-0.1, -0.05) is 12.1 Å². The first-order valence-electron chi connectivity index (χ1n) is 6.32. The van der Waals surface area contributed by atoms with Crippen LogP contribution in [0.4, 0.5) is 5.69 Å². The van der Waals surface area contributed by atoms with Crippen LogP contribution in [0.1, 0.15) is 24.2 Å². The van der Waals surface area contributed by atoms with Crippen LogP contribution < -0.4 is 5.32 Å². The average molecular weight is 293 g/mol. The van der Waals surface area contributed by atoms with Gasteiger partial charge >= 0.3 is 5.97 Å². The third kappa shape index (κ3) is 5.93. The highest BCUT2D eigenvalue weighted by Crippen LogP contribution is 2.13. The van der Waals surface area contributed by atoms with Gasteiger partial charge in [-0.15, -0.1) is 18.3 Å². The van der Waals surface area contributed by atoms with Crippen molar-refractivity contribution in [2.75, 3.05) is 16.8 Å². The quantitative estimate of drug-likeness (QED) is 0.477. The average Bonchev–Trinajstić information content (AvgIpc) is 2.38. The highest BCUT2D eigenvalue weighted by Gasteiger charge is 2.10. The molecule has 1 aromatic rings. The third-order valence-corrected chi connectivity index (χ3v) is 3.13. The summed E-state index contributed by atoms with van der Waals surface area (Å²) < 4.78 is 5.11. The molecule has 0 aliphatic heterocycles. The number of benzene rings is 1. The van der Waals surface area contributed by atoms with E-state index in [-0.39, 0.29) is 12.0 Å². The summed E-state index contributed by atoms with van der Waals surface area (Å²) in [7, 11) is 0. The molecule has 108 valence electrons. The predicted octanol–water partition coefficient (Wildman–Crippen LogP) is 3.11. The summed E-state index contributed by atoms with van der Waals surface area (Å²) in [6.45, 7) is 7.18. The summed E-state index contributed by atoms with van der Waals surface area (Å²) in [6, 6.07) is 6.72. The fraction of sp³-hybridized carbons (Fsp3) is 0.333. The van der Waals surface area contributed by atoms with Gasteiger partial charge in [0.1, 0.15) is 0 Å². The molecule has 0 unspecified atom stereocenters. The van der Waals surface area contributed by atoms with Crippen molar-refractivity contribution in [1.29, 1.82) is 0 Å². The second-order valence-corrected chi connectivity index (χ2v) is 5.42. The topological polar surface area (TPSA) is 55.4 Å². The van der Waals surface area contributed by atoms with Crippen molar-refractivity contribution >= 4 is 29.3 Å². The minimum Gasteiger partial charge on any atom is -0.459 e. The zero-order chi connectivity index (χ0) is 15.0. The lowest BCUT2D eigenvalue weighted by atomic mass is 10.2. The Morgan fingerprint density at radius 2 is 2.20 bits per heavy atom. The molecular weight excluding hydrogens is 274 g/mol. The van der Waals surface area contributed by atoms with Gasteiger partial charge in [0.05, 0.1) is 17.4 Å². The summed E-state index contributed by atoms with van der Waals surface area (Å²) in [5, 5.41) is 2.75. The molecule has 5 heteroatoms. The van der Waals surface area contributed by atoms with Crippen LogP contribution in [0.15, 0.2) is 36.9 Å². The molecule has 0 aliphatic rings. The maximum atomic E-state index is 11.8. The first-order chi connectivity index (χ1) is 9.52. The van der Waals surface area contributed by atoms with Crippen molar-refractivity contribution in [1.82, 2.24) is 0 Å². The lowest BCUT2D eigenvalue weighted by Crippen LogP contribution is -2.15. The molecule has 0 spiro atoms. The van der Waals surface area contributed by atoms with Crippen LogP contribution in [0.5, 0.6) is 0 Å². The molecule has 0 aromatic heterocycles. The van der Waals surface area contributed by atoms with Crippen molar-refractivity contribution in [3.05, 3.63) is 42.5 Å². The Morgan fingerprint density at radius 1 is 1.45 bits per heavy atom. The van der Waals surface area contributed by atoms with E-state index in [9.17, 15) is 9.59 Å². The molecular formula is C15H19NO3S. The van der Waals surface area contributed by atoms with Gasteiger partial charge in [-0.2, -0.15) is 0 Å². The Morgan fingerprint density at radius 3 is 2.85 bits per heavy atom. The van der Waals surface area contributed by atoms with Crippen molar-refractivity contribution < 1.29 is 14.3 Å². The molecule has 0 saturated carbocycles. The molecule has 0 aliphatic carbocycles. The van der Waals surface area contributed by atoms with Gasteiger partial charge in [0, 0.05) is 11.4 Å².